The minimum Gasteiger partial charge on any atom is -0.477 e. The molecule has 7 nitrogen and oxygen atoms in total. The molecule has 1 aliphatic heterocycles. The van der Waals surface area contributed by atoms with Crippen molar-refractivity contribution in [3.8, 4) is 0 Å². The van der Waals surface area contributed by atoms with Gasteiger partial charge in [-0.25, -0.2) is 9.59 Å². The number of carboxylic acids is 1. The van der Waals surface area contributed by atoms with E-state index in [1.54, 1.807) is 11.9 Å². The van der Waals surface area contributed by atoms with Crippen molar-refractivity contribution >= 4 is 12.0 Å². The number of hydrogen-bond acceptors (Lipinski definition) is 3. The highest BCUT2D eigenvalue weighted by atomic mass is 16.4. The van der Waals surface area contributed by atoms with Gasteiger partial charge in [0.1, 0.15) is 0 Å². The summed E-state index contributed by atoms with van der Waals surface area (Å²) in [6, 6.07) is -0.109. The maximum absolute atomic E-state index is 11.9. The second-order valence-corrected chi connectivity index (χ2v) is 4.98. The molecule has 0 aliphatic carbocycles. The van der Waals surface area contributed by atoms with E-state index in [0.717, 1.165) is 5.69 Å². The Kier molecular flexibility index (Phi) is 3.46. The van der Waals surface area contributed by atoms with E-state index < -0.39 is 5.97 Å². The van der Waals surface area contributed by atoms with Crippen LogP contribution in [0.4, 0.5) is 4.79 Å². The smallest absolute Gasteiger partial charge is 0.354 e. The molecule has 0 saturated carbocycles. The summed E-state index contributed by atoms with van der Waals surface area (Å²) >= 11 is 0. The van der Waals surface area contributed by atoms with Crippen molar-refractivity contribution in [1.29, 1.82) is 0 Å². The van der Waals surface area contributed by atoms with Gasteiger partial charge in [-0.1, -0.05) is 0 Å². The number of urea groups is 1. The number of hydrogen-bond donors (Lipinski definition) is 2. The number of aryl methyl sites for hydroxylation is 1. The molecule has 2 rings (SSSR count). The van der Waals surface area contributed by atoms with Crippen LogP contribution in [0.5, 0.6) is 0 Å². The number of nitrogens with zero attached hydrogens (tertiary/aromatic N) is 3. The SMILES string of the molecule is CC(C)NC(=O)N1CCc2nn(C)c(C(=O)O)c2C1. The van der Waals surface area contributed by atoms with E-state index in [9.17, 15) is 14.7 Å². The normalized spacial score (nSPS) is 14.4. The van der Waals surface area contributed by atoms with Gasteiger partial charge in [0.05, 0.1) is 12.2 Å². The first kappa shape index (κ1) is 13.4. The maximum atomic E-state index is 11.9. The second-order valence-electron chi connectivity index (χ2n) is 4.98. The topological polar surface area (TPSA) is 87.5 Å². The Morgan fingerprint density at radius 3 is 2.68 bits per heavy atom. The third-order valence-electron chi connectivity index (χ3n) is 3.10. The first-order valence-corrected chi connectivity index (χ1v) is 6.23. The van der Waals surface area contributed by atoms with Crippen LogP contribution >= 0.6 is 0 Å². The summed E-state index contributed by atoms with van der Waals surface area (Å²) in [5.74, 6) is -1.01. The molecular formula is C12H18N4O3. The van der Waals surface area contributed by atoms with Gasteiger partial charge in [-0.05, 0) is 13.8 Å². The van der Waals surface area contributed by atoms with Crippen molar-refractivity contribution in [2.45, 2.75) is 32.9 Å². The minimum atomic E-state index is -1.01. The van der Waals surface area contributed by atoms with Crippen molar-refractivity contribution in [2.24, 2.45) is 7.05 Å². The molecular weight excluding hydrogens is 248 g/mol. The lowest BCUT2D eigenvalue weighted by molar-refractivity contribution is 0.0682. The van der Waals surface area contributed by atoms with Gasteiger partial charge in [-0.2, -0.15) is 5.10 Å². The number of fused-ring (bicyclic) bond motifs is 1. The highest BCUT2D eigenvalue weighted by Gasteiger charge is 2.29. The molecule has 0 saturated heterocycles. The third kappa shape index (κ3) is 2.54. The summed E-state index contributed by atoms with van der Waals surface area (Å²) in [5, 5.41) is 16.2. The average molecular weight is 266 g/mol. The van der Waals surface area contributed by atoms with Gasteiger partial charge in [0, 0.05) is 31.6 Å². The van der Waals surface area contributed by atoms with Crippen molar-refractivity contribution in [2.75, 3.05) is 6.54 Å². The van der Waals surface area contributed by atoms with Crippen LogP contribution in [-0.2, 0) is 20.0 Å². The molecule has 0 aromatic carbocycles. The summed E-state index contributed by atoms with van der Waals surface area (Å²) in [6.45, 7) is 4.63. The Morgan fingerprint density at radius 1 is 1.42 bits per heavy atom. The summed E-state index contributed by atoms with van der Waals surface area (Å²) in [5.41, 5.74) is 1.57. The van der Waals surface area contributed by atoms with E-state index in [1.165, 1.54) is 4.68 Å². The van der Waals surface area contributed by atoms with Crippen molar-refractivity contribution in [1.82, 2.24) is 20.0 Å². The van der Waals surface area contributed by atoms with E-state index in [-0.39, 0.29) is 17.8 Å². The Labute approximate surface area is 111 Å². The fourth-order valence-corrected chi connectivity index (χ4v) is 2.28. The van der Waals surface area contributed by atoms with Crippen LogP contribution in [0.2, 0.25) is 0 Å². The molecule has 0 spiro atoms. The average Bonchev–Trinajstić information content (AvgIpc) is 2.62. The second kappa shape index (κ2) is 4.91. The summed E-state index contributed by atoms with van der Waals surface area (Å²) < 4.78 is 1.37. The first-order valence-electron chi connectivity index (χ1n) is 6.23. The zero-order valence-electron chi connectivity index (χ0n) is 11.3. The van der Waals surface area contributed by atoms with E-state index in [0.29, 0.717) is 25.1 Å². The van der Waals surface area contributed by atoms with Gasteiger partial charge >= 0.3 is 12.0 Å². The van der Waals surface area contributed by atoms with Crippen LogP contribution in [0.15, 0.2) is 0 Å². The molecule has 0 atom stereocenters. The zero-order valence-corrected chi connectivity index (χ0v) is 11.3. The standard InChI is InChI=1S/C12H18N4O3/c1-7(2)13-12(19)16-5-4-9-8(6-16)10(11(17)18)15(3)14-9/h7H,4-6H2,1-3H3,(H,13,19)(H,17,18). The van der Waals surface area contributed by atoms with Crippen LogP contribution in [0.3, 0.4) is 0 Å². The molecule has 7 heteroatoms. The number of rotatable bonds is 2. The fraction of sp³-hybridized carbons (Fsp3) is 0.583. The van der Waals surface area contributed by atoms with Crippen LogP contribution in [0.25, 0.3) is 0 Å². The number of amides is 2. The monoisotopic (exact) mass is 266 g/mol. The highest BCUT2D eigenvalue weighted by Crippen LogP contribution is 2.22. The Hall–Kier alpha value is -2.05. The Balaban J connectivity index is 2.23. The maximum Gasteiger partial charge on any atom is 0.354 e. The lowest BCUT2D eigenvalue weighted by Crippen LogP contribution is -2.45. The number of aromatic carboxylic acids is 1. The number of carbonyl (C=O) groups is 2. The van der Waals surface area contributed by atoms with Crippen LogP contribution in [0, 0.1) is 0 Å². The summed E-state index contributed by atoms with van der Waals surface area (Å²) in [6.07, 6.45) is 0.585. The minimum absolute atomic E-state index is 0.0572. The highest BCUT2D eigenvalue weighted by molar-refractivity contribution is 5.88. The van der Waals surface area contributed by atoms with Crippen molar-refractivity contribution < 1.29 is 14.7 Å². The quantitative estimate of drug-likeness (QED) is 0.820. The molecule has 1 aromatic heterocycles. The predicted octanol–water partition coefficient (Wildman–Crippen LogP) is 0.594. The van der Waals surface area contributed by atoms with Gasteiger partial charge in [-0.3, -0.25) is 4.68 Å². The lowest BCUT2D eigenvalue weighted by Gasteiger charge is -2.27. The summed E-state index contributed by atoms with van der Waals surface area (Å²) in [7, 11) is 1.61. The fourth-order valence-electron chi connectivity index (χ4n) is 2.28. The zero-order chi connectivity index (χ0) is 14.2. The van der Waals surface area contributed by atoms with Gasteiger partial charge in [0.15, 0.2) is 5.69 Å². The van der Waals surface area contributed by atoms with Crippen molar-refractivity contribution in [3.05, 3.63) is 17.0 Å². The molecule has 1 aromatic rings. The number of carboxylic acid groups (broad SMARTS) is 1. The van der Waals surface area contributed by atoms with E-state index in [2.05, 4.69) is 10.4 Å². The molecule has 1 aliphatic rings. The van der Waals surface area contributed by atoms with Gasteiger partial charge in [0.2, 0.25) is 0 Å². The van der Waals surface area contributed by atoms with Gasteiger partial charge in [0.25, 0.3) is 0 Å². The molecule has 2 N–H and O–H groups in total. The predicted molar refractivity (Wildman–Crippen MR) is 67.9 cm³/mol. The number of carbonyl (C=O) groups excluding carboxylic acids is 1. The number of aromatic nitrogens is 2. The van der Waals surface area contributed by atoms with E-state index in [4.69, 9.17) is 0 Å². The summed E-state index contributed by atoms with van der Waals surface area (Å²) in [4.78, 5) is 24.8. The van der Waals surface area contributed by atoms with Crippen LogP contribution in [0.1, 0.15) is 35.6 Å². The molecule has 2 amide bonds. The molecule has 0 unspecified atom stereocenters. The molecule has 104 valence electrons. The van der Waals surface area contributed by atoms with Gasteiger partial charge < -0.3 is 15.3 Å². The van der Waals surface area contributed by atoms with Crippen molar-refractivity contribution in [3.63, 3.8) is 0 Å². The lowest BCUT2D eigenvalue weighted by atomic mass is 10.1. The Morgan fingerprint density at radius 2 is 2.11 bits per heavy atom. The first-order chi connectivity index (χ1) is 8.90. The molecule has 0 fully saturated rings. The van der Waals surface area contributed by atoms with Crippen LogP contribution < -0.4 is 5.32 Å². The van der Waals surface area contributed by atoms with E-state index >= 15 is 0 Å². The molecule has 0 radical (unpaired) electrons. The Bertz CT molecular complexity index is 521. The third-order valence-corrected chi connectivity index (χ3v) is 3.10. The molecule has 19 heavy (non-hydrogen) atoms. The molecule has 2 heterocycles. The largest absolute Gasteiger partial charge is 0.477 e. The number of nitrogens with one attached hydrogen (secondary N) is 1. The van der Waals surface area contributed by atoms with E-state index in [1.807, 2.05) is 13.8 Å². The van der Waals surface area contributed by atoms with Gasteiger partial charge in [-0.15, -0.1) is 0 Å². The molecule has 0 bridgehead atoms. The van der Waals surface area contributed by atoms with Crippen LogP contribution in [-0.4, -0.2) is 44.4 Å².